The molecule has 2 aliphatic heterocycles. The van der Waals surface area contributed by atoms with Crippen LogP contribution >= 0.6 is 0 Å². The van der Waals surface area contributed by atoms with Crippen LogP contribution in [0.4, 0.5) is 11.4 Å². The maximum absolute atomic E-state index is 12.1. The van der Waals surface area contributed by atoms with Crippen LogP contribution in [0.1, 0.15) is 29.0 Å². The molecule has 7 heteroatoms. The zero-order chi connectivity index (χ0) is 17.6. The van der Waals surface area contributed by atoms with Crippen molar-refractivity contribution < 1.29 is 19.2 Å². The van der Waals surface area contributed by atoms with Gasteiger partial charge in [0.2, 0.25) is 5.91 Å². The lowest BCUT2D eigenvalue weighted by Gasteiger charge is -2.29. The average Bonchev–Trinajstić information content (AvgIpc) is 2.59. The molecule has 7 nitrogen and oxygen atoms in total. The molecule has 0 radical (unpaired) electrons. The van der Waals surface area contributed by atoms with Crippen molar-refractivity contribution in [2.75, 3.05) is 18.5 Å². The van der Waals surface area contributed by atoms with Crippen LogP contribution < -0.4 is 14.8 Å². The number of amides is 1. The number of nitro benzene ring substituents is 1. The number of nitrogens with one attached hydrogen (secondary N) is 1. The van der Waals surface area contributed by atoms with Crippen LogP contribution in [0.15, 0.2) is 30.3 Å². The first-order chi connectivity index (χ1) is 12.0. The van der Waals surface area contributed by atoms with E-state index in [9.17, 15) is 14.9 Å². The van der Waals surface area contributed by atoms with Crippen LogP contribution in [-0.4, -0.2) is 24.0 Å². The van der Waals surface area contributed by atoms with Gasteiger partial charge in [-0.25, -0.2) is 0 Å². The van der Waals surface area contributed by atoms with Gasteiger partial charge in [-0.05, 0) is 24.1 Å². The molecule has 0 saturated heterocycles. The molecule has 1 N–H and O–H groups in total. The molecule has 2 aromatic rings. The maximum atomic E-state index is 12.1. The molecule has 2 heterocycles. The summed E-state index contributed by atoms with van der Waals surface area (Å²) >= 11 is 0. The summed E-state index contributed by atoms with van der Waals surface area (Å²) in [6.45, 7) is 2.64. The number of hydrogen-bond acceptors (Lipinski definition) is 5. The minimum Gasteiger partial charge on any atom is -0.486 e. The molecule has 0 saturated carbocycles. The molecule has 25 heavy (non-hydrogen) atoms. The number of carbonyl (C=O) groups excluding carboxylic acids is 1. The molecular weight excluding hydrogens is 324 g/mol. The lowest BCUT2D eigenvalue weighted by Crippen LogP contribution is -2.25. The summed E-state index contributed by atoms with van der Waals surface area (Å²) in [6, 6.07) is 8.74. The zero-order valence-electron chi connectivity index (χ0n) is 13.6. The maximum Gasteiger partial charge on any atom is 0.272 e. The minimum atomic E-state index is -0.396. The molecule has 2 aromatic carbocycles. The fraction of sp³-hybridized carbons (Fsp3) is 0.278. The topological polar surface area (TPSA) is 90.7 Å². The molecule has 1 atom stereocenters. The van der Waals surface area contributed by atoms with Crippen molar-refractivity contribution in [3.63, 3.8) is 0 Å². The molecule has 0 unspecified atom stereocenters. The lowest BCUT2D eigenvalue weighted by atomic mass is 9.84. The lowest BCUT2D eigenvalue weighted by molar-refractivity contribution is -0.385. The highest BCUT2D eigenvalue weighted by Gasteiger charge is 2.30. The van der Waals surface area contributed by atoms with E-state index >= 15 is 0 Å². The van der Waals surface area contributed by atoms with Gasteiger partial charge in [0.25, 0.3) is 5.69 Å². The predicted octanol–water partition coefficient (Wildman–Crippen LogP) is 3.15. The molecule has 1 amide bonds. The molecule has 128 valence electrons. The first kappa shape index (κ1) is 15.4. The quantitative estimate of drug-likeness (QED) is 0.670. The third-order valence-corrected chi connectivity index (χ3v) is 4.59. The van der Waals surface area contributed by atoms with Crippen LogP contribution in [0.3, 0.4) is 0 Å². The van der Waals surface area contributed by atoms with Crippen LogP contribution in [0.2, 0.25) is 0 Å². The number of fused-ring (bicyclic) bond motifs is 2. The molecule has 0 spiro atoms. The SMILES string of the molecule is Cc1ccc([C@H]2CC(=O)Nc3cc4c(cc32)OCCO4)cc1[N+](=O)[O-]. The highest BCUT2D eigenvalue weighted by atomic mass is 16.6. The van der Waals surface area contributed by atoms with E-state index in [0.717, 1.165) is 11.1 Å². The summed E-state index contributed by atoms with van der Waals surface area (Å²) in [4.78, 5) is 23.0. The van der Waals surface area contributed by atoms with Crippen molar-refractivity contribution in [3.8, 4) is 11.5 Å². The summed E-state index contributed by atoms with van der Waals surface area (Å²) in [6.07, 6.45) is 0.229. The smallest absolute Gasteiger partial charge is 0.272 e. The second-order valence-electron chi connectivity index (χ2n) is 6.19. The van der Waals surface area contributed by atoms with Crippen molar-refractivity contribution in [1.29, 1.82) is 0 Å². The van der Waals surface area contributed by atoms with E-state index in [1.165, 1.54) is 0 Å². The van der Waals surface area contributed by atoms with Gasteiger partial charge in [-0.1, -0.05) is 12.1 Å². The van der Waals surface area contributed by atoms with Crippen molar-refractivity contribution in [2.24, 2.45) is 0 Å². The normalized spacial score (nSPS) is 18.3. The molecule has 0 bridgehead atoms. The highest BCUT2D eigenvalue weighted by molar-refractivity contribution is 5.96. The summed E-state index contributed by atoms with van der Waals surface area (Å²) in [7, 11) is 0. The first-order valence-corrected chi connectivity index (χ1v) is 8.01. The molecule has 2 aliphatic rings. The Morgan fingerprint density at radius 2 is 1.88 bits per heavy atom. The third-order valence-electron chi connectivity index (χ3n) is 4.59. The number of ether oxygens (including phenoxy) is 2. The number of anilines is 1. The van der Waals surface area contributed by atoms with Crippen LogP contribution in [-0.2, 0) is 4.79 Å². The van der Waals surface area contributed by atoms with Gasteiger partial charge >= 0.3 is 0 Å². The second kappa shape index (κ2) is 5.77. The number of carbonyl (C=O) groups is 1. The minimum absolute atomic E-state index is 0.0579. The van der Waals surface area contributed by atoms with Gasteiger partial charge in [0, 0.05) is 35.7 Å². The Hall–Kier alpha value is -3.09. The van der Waals surface area contributed by atoms with E-state index < -0.39 is 4.92 Å². The van der Waals surface area contributed by atoms with Crippen LogP contribution in [0.25, 0.3) is 0 Å². The Morgan fingerprint density at radius 3 is 2.60 bits per heavy atom. The van der Waals surface area contributed by atoms with Crippen molar-refractivity contribution in [2.45, 2.75) is 19.3 Å². The van der Waals surface area contributed by atoms with E-state index in [4.69, 9.17) is 9.47 Å². The number of benzene rings is 2. The Balaban J connectivity index is 1.83. The largest absolute Gasteiger partial charge is 0.486 e. The van der Waals surface area contributed by atoms with E-state index in [0.29, 0.717) is 36.0 Å². The molecule has 0 aromatic heterocycles. The van der Waals surface area contributed by atoms with Gasteiger partial charge < -0.3 is 14.8 Å². The Kier molecular flexibility index (Phi) is 3.56. The van der Waals surface area contributed by atoms with Gasteiger partial charge in [0.05, 0.1) is 4.92 Å². The molecular formula is C18H16N2O5. The Bertz CT molecular complexity index is 893. The number of aryl methyl sites for hydroxylation is 1. The van der Waals surface area contributed by atoms with E-state index in [-0.39, 0.29) is 23.9 Å². The van der Waals surface area contributed by atoms with Crippen molar-refractivity contribution in [3.05, 3.63) is 57.1 Å². The van der Waals surface area contributed by atoms with Gasteiger partial charge in [0.15, 0.2) is 11.5 Å². The molecule has 4 rings (SSSR count). The highest BCUT2D eigenvalue weighted by Crippen LogP contribution is 2.44. The summed E-state index contributed by atoms with van der Waals surface area (Å²) in [5.41, 5.74) is 2.93. The molecule has 0 fully saturated rings. The van der Waals surface area contributed by atoms with Crippen LogP contribution in [0.5, 0.6) is 11.5 Å². The fourth-order valence-electron chi connectivity index (χ4n) is 3.33. The van der Waals surface area contributed by atoms with E-state index in [2.05, 4.69) is 5.32 Å². The van der Waals surface area contributed by atoms with E-state index in [1.807, 2.05) is 12.1 Å². The fourth-order valence-corrected chi connectivity index (χ4v) is 3.33. The number of nitro groups is 1. The van der Waals surface area contributed by atoms with E-state index in [1.54, 1.807) is 25.1 Å². The Morgan fingerprint density at radius 1 is 1.16 bits per heavy atom. The number of nitrogens with zero attached hydrogens (tertiary/aromatic N) is 1. The number of rotatable bonds is 2. The van der Waals surface area contributed by atoms with Gasteiger partial charge in [0.1, 0.15) is 13.2 Å². The predicted molar refractivity (Wildman–Crippen MR) is 90.4 cm³/mol. The summed E-state index contributed by atoms with van der Waals surface area (Å²) in [5.74, 6) is 0.838. The van der Waals surface area contributed by atoms with Gasteiger partial charge in [-0.3, -0.25) is 14.9 Å². The van der Waals surface area contributed by atoms with Crippen LogP contribution in [0, 0.1) is 17.0 Å². The van der Waals surface area contributed by atoms with Gasteiger partial charge in [-0.15, -0.1) is 0 Å². The van der Waals surface area contributed by atoms with Crippen molar-refractivity contribution >= 4 is 17.3 Å². The third kappa shape index (κ3) is 2.67. The number of hydrogen-bond donors (Lipinski definition) is 1. The summed E-state index contributed by atoms with van der Waals surface area (Å²) in [5, 5.41) is 14.1. The van der Waals surface area contributed by atoms with Crippen molar-refractivity contribution in [1.82, 2.24) is 0 Å². The monoisotopic (exact) mass is 340 g/mol. The molecule has 0 aliphatic carbocycles. The average molecular weight is 340 g/mol. The summed E-state index contributed by atoms with van der Waals surface area (Å²) < 4.78 is 11.2. The second-order valence-corrected chi connectivity index (χ2v) is 6.19. The standard InChI is InChI=1S/C18H16N2O5/c1-10-2-3-11(6-15(10)20(22)23)12-8-18(21)19-14-9-17-16(7-13(12)14)24-4-5-25-17/h2-3,6-7,9,12H,4-5,8H2,1H3,(H,19,21)/t12-/m1/s1. The zero-order valence-corrected chi connectivity index (χ0v) is 13.6. The first-order valence-electron chi connectivity index (χ1n) is 8.01. The Labute approximate surface area is 143 Å². The van der Waals surface area contributed by atoms with Gasteiger partial charge in [-0.2, -0.15) is 0 Å².